The Labute approximate surface area is 202 Å². The molecule has 3 unspecified atom stereocenters. The number of benzene rings is 2. The maximum atomic E-state index is 12.5. The number of amides is 1. The van der Waals surface area contributed by atoms with Gasteiger partial charge in [0.25, 0.3) is 0 Å². The maximum Gasteiger partial charge on any atom is 0.234 e. The Morgan fingerprint density at radius 2 is 2.09 bits per heavy atom. The summed E-state index contributed by atoms with van der Waals surface area (Å²) in [6.07, 6.45) is 5.01. The van der Waals surface area contributed by atoms with Gasteiger partial charge in [0, 0.05) is 18.1 Å². The van der Waals surface area contributed by atoms with Crippen LogP contribution < -0.4 is 20.9 Å². The minimum Gasteiger partial charge on any atom is -0.495 e. The number of hydrogen-bond donors (Lipinski definition) is 3. The van der Waals surface area contributed by atoms with Gasteiger partial charge in [0.2, 0.25) is 5.91 Å². The van der Waals surface area contributed by atoms with E-state index in [0.717, 1.165) is 11.6 Å². The summed E-state index contributed by atoms with van der Waals surface area (Å²) in [4.78, 5) is 14.6. The van der Waals surface area contributed by atoms with E-state index in [0.29, 0.717) is 16.5 Å². The van der Waals surface area contributed by atoms with Crippen LogP contribution in [0.3, 0.4) is 0 Å². The summed E-state index contributed by atoms with van der Waals surface area (Å²) >= 11 is 7.53. The van der Waals surface area contributed by atoms with Gasteiger partial charge in [-0.25, -0.2) is 5.43 Å². The molecule has 3 N–H and O–H groups in total. The highest BCUT2D eigenvalue weighted by atomic mass is 35.5. The third-order valence-electron chi connectivity index (χ3n) is 5.95. The highest BCUT2D eigenvalue weighted by Crippen LogP contribution is 2.35. The number of nitrogens with one attached hydrogen (secondary N) is 3. The molecule has 3 aliphatic heterocycles. The van der Waals surface area contributed by atoms with Crippen molar-refractivity contribution in [1.29, 1.82) is 0 Å². The zero-order valence-electron chi connectivity index (χ0n) is 18.3. The summed E-state index contributed by atoms with van der Waals surface area (Å²) in [5, 5.41) is 10.7. The van der Waals surface area contributed by atoms with E-state index in [-0.39, 0.29) is 29.9 Å². The molecule has 0 saturated carbocycles. The van der Waals surface area contributed by atoms with Gasteiger partial charge in [-0.05, 0) is 37.1 Å². The van der Waals surface area contributed by atoms with Crippen LogP contribution in [0, 0.1) is 6.92 Å². The van der Waals surface area contributed by atoms with Crippen molar-refractivity contribution in [3.63, 3.8) is 0 Å². The monoisotopic (exact) mass is 484 g/mol. The molecular weight excluding hydrogens is 460 g/mol. The second-order valence-corrected chi connectivity index (χ2v) is 9.51. The summed E-state index contributed by atoms with van der Waals surface area (Å²) in [7, 11) is 1.55. The van der Waals surface area contributed by atoms with E-state index >= 15 is 0 Å². The van der Waals surface area contributed by atoms with Crippen molar-refractivity contribution < 1.29 is 9.53 Å². The van der Waals surface area contributed by atoms with Crippen LogP contribution in [0.1, 0.15) is 23.6 Å². The van der Waals surface area contributed by atoms with Gasteiger partial charge in [0.05, 0.1) is 30.0 Å². The molecule has 1 saturated heterocycles. The summed E-state index contributed by atoms with van der Waals surface area (Å²) < 4.78 is 5.15. The second-order valence-electron chi connectivity index (χ2n) is 8.16. The number of aryl methyl sites for hydroxylation is 1. The number of rotatable bonds is 5. The average molecular weight is 485 g/mol. The summed E-state index contributed by atoms with van der Waals surface area (Å²) in [5.74, 6) is 0.676. The fraction of sp³-hybridized carbons (Fsp3) is 0.304. The van der Waals surface area contributed by atoms with Crippen molar-refractivity contribution >= 4 is 40.1 Å². The Kier molecular flexibility index (Phi) is 6.09. The van der Waals surface area contributed by atoms with Crippen molar-refractivity contribution in [2.24, 2.45) is 5.10 Å². The first-order valence-corrected chi connectivity index (χ1v) is 12.1. The van der Waals surface area contributed by atoms with Crippen LogP contribution in [0.15, 0.2) is 60.0 Å². The smallest absolute Gasteiger partial charge is 0.234 e. The number of carbonyl (C=O) groups excluding carboxylic acids is 1. The number of anilines is 1. The Bertz CT molecular complexity index is 1110. The molecular formula is C23H25ClN6O2S. The first-order chi connectivity index (χ1) is 16.0. The van der Waals surface area contributed by atoms with E-state index in [4.69, 9.17) is 16.3 Å². The fourth-order valence-electron chi connectivity index (χ4n) is 4.24. The molecule has 33 heavy (non-hydrogen) atoms. The Morgan fingerprint density at radius 3 is 2.85 bits per heavy atom. The molecule has 0 aromatic heterocycles. The third-order valence-corrected chi connectivity index (χ3v) is 7.21. The van der Waals surface area contributed by atoms with Gasteiger partial charge in [-0.15, -0.1) is 0 Å². The summed E-state index contributed by atoms with van der Waals surface area (Å²) in [5.41, 5.74) is 10.00. The normalized spacial score (nSPS) is 23.0. The zero-order valence-corrected chi connectivity index (χ0v) is 19.9. The van der Waals surface area contributed by atoms with E-state index in [2.05, 4.69) is 62.4 Å². The molecule has 0 bridgehead atoms. The average Bonchev–Trinajstić information content (AvgIpc) is 3.42. The molecule has 2 aromatic carbocycles. The molecule has 3 atom stereocenters. The quantitative estimate of drug-likeness (QED) is 0.597. The second kappa shape index (κ2) is 9.17. The lowest BCUT2D eigenvalue weighted by molar-refractivity contribution is -0.113. The number of amidine groups is 1. The van der Waals surface area contributed by atoms with Crippen molar-refractivity contribution in [1.82, 2.24) is 20.8 Å². The van der Waals surface area contributed by atoms with Gasteiger partial charge < -0.3 is 20.0 Å². The van der Waals surface area contributed by atoms with Gasteiger partial charge in [0.1, 0.15) is 11.9 Å². The number of fused-ring (bicyclic) bond motifs is 3. The molecule has 10 heteroatoms. The Hall–Kier alpha value is -2.88. The molecule has 0 aliphatic carbocycles. The van der Waals surface area contributed by atoms with Crippen LogP contribution >= 0.6 is 23.4 Å². The lowest BCUT2D eigenvalue weighted by Crippen LogP contribution is -2.54. The SMILES string of the molecule is COc1ccc(NC(=O)CSC2=NNC3C4CC(c5ccc(C)cc5)NN4C=CN23)cc1Cl. The summed E-state index contributed by atoms with van der Waals surface area (Å²) in [6.45, 7) is 2.10. The van der Waals surface area contributed by atoms with Crippen molar-refractivity contribution in [3.8, 4) is 5.75 Å². The molecule has 0 radical (unpaired) electrons. The Balaban J connectivity index is 1.17. The predicted octanol–water partition coefficient (Wildman–Crippen LogP) is 3.64. The minimum atomic E-state index is -0.128. The van der Waals surface area contributed by atoms with E-state index < -0.39 is 0 Å². The largest absolute Gasteiger partial charge is 0.495 e. The lowest BCUT2D eigenvalue weighted by Gasteiger charge is -2.36. The molecule has 3 heterocycles. The minimum absolute atomic E-state index is 0.0175. The topological polar surface area (TPSA) is 81.2 Å². The van der Waals surface area contributed by atoms with Gasteiger partial charge in [0.15, 0.2) is 5.17 Å². The van der Waals surface area contributed by atoms with Crippen LogP contribution in [0.4, 0.5) is 5.69 Å². The van der Waals surface area contributed by atoms with Crippen LogP contribution in [-0.4, -0.2) is 46.1 Å². The van der Waals surface area contributed by atoms with Crippen LogP contribution in [0.25, 0.3) is 0 Å². The number of hydrazone groups is 1. The van der Waals surface area contributed by atoms with E-state index in [1.165, 1.54) is 22.9 Å². The van der Waals surface area contributed by atoms with Crippen molar-refractivity contribution in [2.75, 3.05) is 18.2 Å². The van der Waals surface area contributed by atoms with Gasteiger partial charge in [-0.3, -0.25) is 10.2 Å². The standard InChI is InChI=1S/C23H25ClN6O2S/c1-14-3-5-15(6-4-14)18-12-19-22-26-27-23(29(22)9-10-30(19)28-18)33-13-21(31)25-16-7-8-20(32-2)17(24)11-16/h3-11,18-19,22,26,28H,12-13H2,1-2H3,(H,25,31). The third kappa shape index (κ3) is 4.48. The van der Waals surface area contributed by atoms with Crippen LogP contribution in [0.5, 0.6) is 5.75 Å². The van der Waals surface area contributed by atoms with E-state index in [9.17, 15) is 4.79 Å². The first-order valence-electron chi connectivity index (χ1n) is 10.7. The molecule has 172 valence electrons. The molecule has 8 nitrogen and oxygen atoms in total. The van der Waals surface area contributed by atoms with Gasteiger partial charge >= 0.3 is 0 Å². The van der Waals surface area contributed by atoms with E-state index in [1.807, 2.05) is 12.4 Å². The predicted molar refractivity (Wildman–Crippen MR) is 132 cm³/mol. The highest BCUT2D eigenvalue weighted by molar-refractivity contribution is 8.14. The number of halogens is 1. The number of nitrogens with zero attached hydrogens (tertiary/aromatic N) is 3. The Morgan fingerprint density at radius 1 is 1.27 bits per heavy atom. The number of methoxy groups -OCH3 is 1. The van der Waals surface area contributed by atoms with Gasteiger partial charge in [-0.2, -0.15) is 5.10 Å². The highest BCUT2D eigenvalue weighted by Gasteiger charge is 2.44. The number of ether oxygens (including phenoxy) is 1. The number of hydrazine groups is 1. The molecule has 3 aliphatic rings. The van der Waals surface area contributed by atoms with Crippen LogP contribution in [0.2, 0.25) is 5.02 Å². The zero-order chi connectivity index (χ0) is 22.9. The number of carbonyl (C=O) groups is 1. The molecule has 5 rings (SSSR count). The van der Waals surface area contributed by atoms with Crippen LogP contribution in [-0.2, 0) is 4.79 Å². The molecule has 2 aromatic rings. The van der Waals surface area contributed by atoms with Crippen molar-refractivity contribution in [3.05, 3.63) is 71.0 Å². The molecule has 0 spiro atoms. The number of hydrogen-bond acceptors (Lipinski definition) is 8. The number of thioether (sulfide) groups is 1. The van der Waals surface area contributed by atoms with Gasteiger partial charge in [-0.1, -0.05) is 53.2 Å². The van der Waals surface area contributed by atoms with Crippen molar-refractivity contribution in [2.45, 2.75) is 31.6 Å². The van der Waals surface area contributed by atoms with E-state index in [1.54, 1.807) is 25.3 Å². The lowest BCUT2D eigenvalue weighted by atomic mass is 9.99. The molecule has 1 amide bonds. The fourth-order valence-corrected chi connectivity index (χ4v) is 5.27. The molecule has 1 fully saturated rings. The summed E-state index contributed by atoms with van der Waals surface area (Å²) in [6, 6.07) is 14.3. The first kappa shape index (κ1) is 21.9. The maximum absolute atomic E-state index is 12.5.